The van der Waals surface area contributed by atoms with Gasteiger partial charge in [-0.05, 0) is 49.1 Å². The van der Waals surface area contributed by atoms with Crippen molar-refractivity contribution in [3.8, 4) is 0 Å². The minimum atomic E-state index is 0.117. The van der Waals surface area contributed by atoms with Crippen LogP contribution in [0, 0.1) is 0 Å². The summed E-state index contributed by atoms with van der Waals surface area (Å²) in [5.74, 6) is 0.117. The van der Waals surface area contributed by atoms with Crippen molar-refractivity contribution in [2.24, 2.45) is 0 Å². The zero-order valence-corrected chi connectivity index (χ0v) is 13.3. The molecule has 2 heterocycles. The molecule has 1 amide bonds. The predicted molar refractivity (Wildman–Crippen MR) is 93.6 cm³/mol. The second-order valence-electron chi connectivity index (χ2n) is 6.39. The number of nitrogens with zero attached hydrogens (tertiary/aromatic N) is 2. The topological polar surface area (TPSA) is 33.2 Å². The van der Waals surface area contributed by atoms with Crippen molar-refractivity contribution in [3.63, 3.8) is 0 Å². The molecule has 0 saturated carbocycles. The smallest absolute Gasteiger partial charge is 0.256 e. The largest absolute Gasteiger partial charge is 0.336 e. The standard InChI is InChI=1S/C20H20N2O/c1-14-7-4-5-12-22(14)20(23)18-13-15-8-2-3-9-16(15)17-10-6-11-21-19(17)18/h2-3,6,8-11,13-14H,4-5,7,12H2,1H3/t14-/m1/s1. The lowest BCUT2D eigenvalue weighted by molar-refractivity contribution is 0.0637. The summed E-state index contributed by atoms with van der Waals surface area (Å²) in [6.45, 7) is 2.99. The third kappa shape index (κ3) is 2.37. The fourth-order valence-corrected chi connectivity index (χ4v) is 3.65. The van der Waals surface area contributed by atoms with Crippen LogP contribution in [0.2, 0.25) is 0 Å². The number of amides is 1. The average molecular weight is 304 g/mol. The molecule has 0 bridgehead atoms. The molecule has 0 N–H and O–H groups in total. The molecule has 3 nitrogen and oxygen atoms in total. The summed E-state index contributed by atoms with van der Waals surface area (Å²) in [4.78, 5) is 19.7. The molecule has 0 unspecified atom stereocenters. The Morgan fingerprint density at radius 3 is 2.83 bits per heavy atom. The van der Waals surface area contributed by atoms with E-state index >= 15 is 0 Å². The van der Waals surface area contributed by atoms with Crippen molar-refractivity contribution in [2.45, 2.75) is 32.2 Å². The Morgan fingerprint density at radius 1 is 1.13 bits per heavy atom. The Bertz CT molecular complexity index is 887. The van der Waals surface area contributed by atoms with Crippen LogP contribution in [-0.4, -0.2) is 28.4 Å². The van der Waals surface area contributed by atoms with Crippen LogP contribution in [0.25, 0.3) is 21.7 Å². The van der Waals surface area contributed by atoms with Crippen molar-refractivity contribution < 1.29 is 4.79 Å². The molecule has 4 rings (SSSR count). The van der Waals surface area contributed by atoms with E-state index in [1.807, 2.05) is 29.2 Å². The molecule has 0 radical (unpaired) electrons. The molecular weight excluding hydrogens is 284 g/mol. The number of piperidine rings is 1. The highest BCUT2D eigenvalue weighted by atomic mass is 16.2. The van der Waals surface area contributed by atoms with Gasteiger partial charge < -0.3 is 4.90 Å². The van der Waals surface area contributed by atoms with E-state index in [1.54, 1.807) is 6.20 Å². The monoisotopic (exact) mass is 304 g/mol. The number of fused-ring (bicyclic) bond motifs is 3. The van der Waals surface area contributed by atoms with Gasteiger partial charge in [0.1, 0.15) is 0 Å². The lowest BCUT2D eigenvalue weighted by Crippen LogP contribution is -2.42. The molecule has 1 aromatic heterocycles. The van der Waals surface area contributed by atoms with Gasteiger partial charge in [-0.15, -0.1) is 0 Å². The minimum Gasteiger partial charge on any atom is -0.336 e. The predicted octanol–water partition coefficient (Wildman–Crippen LogP) is 4.40. The first-order valence-corrected chi connectivity index (χ1v) is 8.33. The van der Waals surface area contributed by atoms with E-state index in [9.17, 15) is 4.79 Å². The summed E-state index contributed by atoms with van der Waals surface area (Å²) < 4.78 is 0. The number of hydrogen-bond acceptors (Lipinski definition) is 2. The molecule has 2 aromatic carbocycles. The lowest BCUT2D eigenvalue weighted by atomic mass is 9.98. The third-order valence-corrected chi connectivity index (χ3v) is 4.91. The van der Waals surface area contributed by atoms with Gasteiger partial charge in [0.2, 0.25) is 0 Å². The molecule has 1 fully saturated rings. The van der Waals surface area contributed by atoms with E-state index in [1.165, 1.54) is 6.42 Å². The van der Waals surface area contributed by atoms with Crippen LogP contribution in [0.3, 0.4) is 0 Å². The van der Waals surface area contributed by atoms with Crippen molar-refractivity contribution >= 4 is 27.6 Å². The third-order valence-electron chi connectivity index (χ3n) is 4.91. The zero-order valence-electron chi connectivity index (χ0n) is 13.3. The molecule has 3 aromatic rings. The van der Waals surface area contributed by atoms with Crippen molar-refractivity contribution in [1.82, 2.24) is 9.88 Å². The van der Waals surface area contributed by atoms with Gasteiger partial charge in [0.15, 0.2) is 0 Å². The number of carbonyl (C=O) groups is 1. The van der Waals surface area contributed by atoms with Crippen molar-refractivity contribution in [2.75, 3.05) is 6.54 Å². The first kappa shape index (κ1) is 14.2. The molecule has 1 saturated heterocycles. The maximum absolute atomic E-state index is 13.2. The highest BCUT2D eigenvalue weighted by Crippen LogP contribution is 2.29. The van der Waals surface area contributed by atoms with Crippen LogP contribution in [0.1, 0.15) is 36.5 Å². The summed E-state index contributed by atoms with van der Waals surface area (Å²) in [7, 11) is 0. The molecule has 1 aliphatic rings. The summed E-state index contributed by atoms with van der Waals surface area (Å²) in [6.07, 6.45) is 5.16. The summed E-state index contributed by atoms with van der Waals surface area (Å²) >= 11 is 0. The van der Waals surface area contributed by atoms with E-state index < -0.39 is 0 Å². The first-order chi connectivity index (χ1) is 11.3. The summed E-state index contributed by atoms with van der Waals surface area (Å²) in [5, 5.41) is 3.30. The normalized spacial score (nSPS) is 18.5. The summed E-state index contributed by atoms with van der Waals surface area (Å²) in [5.41, 5.74) is 1.54. The van der Waals surface area contributed by atoms with Gasteiger partial charge in [0.25, 0.3) is 5.91 Å². The lowest BCUT2D eigenvalue weighted by Gasteiger charge is -2.33. The second-order valence-corrected chi connectivity index (χ2v) is 6.39. The van der Waals surface area contributed by atoms with Gasteiger partial charge in [-0.25, -0.2) is 0 Å². The van der Waals surface area contributed by atoms with Gasteiger partial charge in [0.05, 0.1) is 11.1 Å². The van der Waals surface area contributed by atoms with Gasteiger partial charge in [0, 0.05) is 24.2 Å². The number of likely N-dealkylation sites (tertiary alicyclic amines) is 1. The van der Waals surface area contributed by atoms with Gasteiger partial charge in [-0.1, -0.05) is 30.3 Å². The molecular formula is C20H20N2O. The Kier molecular flexibility index (Phi) is 3.49. The molecule has 0 aliphatic carbocycles. The maximum atomic E-state index is 13.2. The quantitative estimate of drug-likeness (QED) is 0.624. The molecule has 23 heavy (non-hydrogen) atoms. The Balaban J connectivity index is 1.92. The van der Waals surface area contributed by atoms with Crippen LogP contribution in [0.15, 0.2) is 48.7 Å². The molecule has 1 atom stereocenters. The Labute approximate surface area is 135 Å². The highest BCUT2D eigenvalue weighted by Gasteiger charge is 2.26. The number of carbonyl (C=O) groups excluding carboxylic acids is 1. The number of hydrogen-bond donors (Lipinski definition) is 0. The minimum absolute atomic E-state index is 0.117. The fourth-order valence-electron chi connectivity index (χ4n) is 3.65. The van der Waals surface area contributed by atoms with Gasteiger partial charge >= 0.3 is 0 Å². The highest BCUT2D eigenvalue weighted by molar-refractivity contribution is 6.15. The zero-order chi connectivity index (χ0) is 15.8. The molecule has 0 spiro atoms. The van der Waals surface area contributed by atoms with E-state index in [0.29, 0.717) is 6.04 Å². The number of rotatable bonds is 1. The van der Waals surface area contributed by atoms with E-state index in [-0.39, 0.29) is 5.91 Å². The molecule has 1 aliphatic heterocycles. The number of aromatic nitrogens is 1. The van der Waals surface area contributed by atoms with Crippen LogP contribution >= 0.6 is 0 Å². The van der Waals surface area contributed by atoms with Crippen LogP contribution < -0.4 is 0 Å². The Morgan fingerprint density at radius 2 is 1.96 bits per heavy atom. The van der Waals surface area contributed by atoms with E-state index in [0.717, 1.165) is 46.6 Å². The summed E-state index contributed by atoms with van der Waals surface area (Å²) in [6, 6.07) is 14.5. The maximum Gasteiger partial charge on any atom is 0.256 e. The van der Waals surface area contributed by atoms with Crippen LogP contribution in [-0.2, 0) is 0 Å². The van der Waals surface area contributed by atoms with Gasteiger partial charge in [-0.2, -0.15) is 0 Å². The SMILES string of the molecule is C[C@@H]1CCCCN1C(=O)c1cc2ccccc2c2cccnc12. The second kappa shape index (κ2) is 5.65. The molecule has 116 valence electrons. The molecule has 3 heteroatoms. The Hall–Kier alpha value is -2.42. The van der Waals surface area contributed by atoms with Gasteiger partial charge in [-0.3, -0.25) is 9.78 Å². The van der Waals surface area contributed by atoms with Crippen LogP contribution in [0.5, 0.6) is 0 Å². The van der Waals surface area contributed by atoms with E-state index in [2.05, 4.69) is 30.1 Å². The number of benzene rings is 2. The van der Waals surface area contributed by atoms with Crippen molar-refractivity contribution in [3.05, 3.63) is 54.2 Å². The van der Waals surface area contributed by atoms with E-state index in [4.69, 9.17) is 0 Å². The van der Waals surface area contributed by atoms with Crippen molar-refractivity contribution in [1.29, 1.82) is 0 Å². The average Bonchev–Trinajstić information content (AvgIpc) is 2.61. The van der Waals surface area contributed by atoms with Crippen LogP contribution in [0.4, 0.5) is 0 Å². The number of pyridine rings is 1. The fraction of sp³-hybridized carbons (Fsp3) is 0.300. The first-order valence-electron chi connectivity index (χ1n) is 8.33.